The predicted octanol–water partition coefficient (Wildman–Crippen LogP) is 3.58. The highest BCUT2D eigenvalue weighted by Crippen LogP contribution is 2.41. The van der Waals surface area contributed by atoms with Gasteiger partial charge < -0.3 is 9.26 Å². The van der Waals surface area contributed by atoms with E-state index in [1.807, 2.05) is 12.1 Å². The molecular formula is C17H19O6P. The number of rotatable bonds is 6. The Kier molecular flexibility index (Phi) is 5.78. The minimum absolute atomic E-state index is 0.0583. The third kappa shape index (κ3) is 5.49. The molecule has 0 amide bonds. The van der Waals surface area contributed by atoms with Gasteiger partial charge in [0, 0.05) is 0 Å². The van der Waals surface area contributed by atoms with Crippen molar-refractivity contribution in [3.05, 3.63) is 59.7 Å². The van der Waals surface area contributed by atoms with E-state index in [0.29, 0.717) is 11.5 Å². The molecule has 0 aliphatic rings. The van der Waals surface area contributed by atoms with Gasteiger partial charge in [-0.25, -0.2) is 9.36 Å². The van der Waals surface area contributed by atoms with Crippen LogP contribution in [-0.4, -0.2) is 15.8 Å². The van der Waals surface area contributed by atoms with Gasteiger partial charge in [-0.2, -0.15) is 0 Å². The number of benzene rings is 2. The average Bonchev–Trinajstić information content (AvgIpc) is 2.48. The molecule has 0 atom stereocenters. The number of hydrogen-bond donors (Lipinski definition) is 2. The minimum atomic E-state index is -4.74. The topological polar surface area (TPSA) is 93.1 Å². The first-order valence-electron chi connectivity index (χ1n) is 7.40. The largest absolute Gasteiger partial charge is 0.524 e. The maximum Gasteiger partial charge on any atom is 0.524 e. The standard InChI is InChI=1S/C17H19O6P/c1-12(2)11-13-7-9-14(10-8-13)17(18)22-15-5-3-4-6-16(15)23-24(19,20)21/h3-10,12H,11H2,1-2H3,(H2,19,20,21). The van der Waals surface area contributed by atoms with Gasteiger partial charge in [-0.1, -0.05) is 38.1 Å². The molecule has 2 rings (SSSR count). The minimum Gasteiger partial charge on any atom is -0.419 e. The molecule has 128 valence electrons. The molecule has 0 aliphatic heterocycles. The highest BCUT2D eigenvalue weighted by Gasteiger charge is 2.20. The number of carbonyl (C=O) groups excluding carboxylic acids is 1. The second kappa shape index (κ2) is 7.62. The summed E-state index contributed by atoms with van der Waals surface area (Å²) >= 11 is 0. The number of para-hydroxylation sites is 2. The molecule has 0 bridgehead atoms. The van der Waals surface area contributed by atoms with Crippen molar-refractivity contribution < 1.29 is 28.4 Å². The third-order valence-electron chi connectivity index (χ3n) is 3.10. The molecule has 0 unspecified atom stereocenters. The monoisotopic (exact) mass is 350 g/mol. The zero-order chi connectivity index (χ0) is 17.7. The molecule has 2 aromatic carbocycles. The van der Waals surface area contributed by atoms with Gasteiger partial charge in [-0.15, -0.1) is 0 Å². The number of esters is 1. The van der Waals surface area contributed by atoms with Gasteiger partial charge in [0.25, 0.3) is 0 Å². The van der Waals surface area contributed by atoms with Crippen LogP contribution in [0.4, 0.5) is 0 Å². The Morgan fingerprint density at radius 2 is 1.62 bits per heavy atom. The quantitative estimate of drug-likeness (QED) is 0.470. The van der Waals surface area contributed by atoms with E-state index in [0.717, 1.165) is 12.0 Å². The average molecular weight is 350 g/mol. The van der Waals surface area contributed by atoms with Crippen LogP contribution in [0.25, 0.3) is 0 Å². The van der Waals surface area contributed by atoms with E-state index < -0.39 is 13.8 Å². The Bertz CT molecular complexity index is 748. The van der Waals surface area contributed by atoms with Crippen LogP contribution in [0.3, 0.4) is 0 Å². The molecule has 24 heavy (non-hydrogen) atoms. The molecule has 0 heterocycles. The van der Waals surface area contributed by atoms with Crippen LogP contribution in [0.5, 0.6) is 11.5 Å². The Hall–Kier alpha value is -2.14. The molecule has 0 spiro atoms. The van der Waals surface area contributed by atoms with E-state index >= 15 is 0 Å². The lowest BCUT2D eigenvalue weighted by molar-refractivity contribution is 0.0730. The second-order valence-electron chi connectivity index (χ2n) is 5.71. The molecule has 2 aromatic rings. The van der Waals surface area contributed by atoms with Crippen molar-refractivity contribution >= 4 is 13.8 Å². The Morgan fingerprint density at radius 1 is 1.04 bits per heavy atom. The molecule has 6 nitrogen and oxygen atoms in total. The maximum atomic E-state index is 12.2. The first-order chi connectivity index (χ1) is 11.2. The summed E-state index contributed by atoms with van der Waals surface area (Å²) in [6, 6.07) is 12.8. The molecule has 0 aromatic heterocycles. The van der Waals surface area contributed by atoms with Gasteiger partial charge >= 0.3 is 13.8 Å². The fourth-order valence-electron chi connectivity index (χ4n) is 2.15. The van der Waals surface area contributed by atoms with Crippen LogP contribution >= 0.6 is 7.82 Å². The van der Waals surface area contributed by atoms with E-state index in [2.05, 4.69) is 18.4 Å². The normalized spacial score (nSPS) is 11.4. The molecule has 7 heteroatoms. The van der Waals surface area contributed by atoms with Gasteiger partial charge in [-0.05, 0) is 42.2 Å². The summed E-state index contributed by atoms with van der Waals surface area (Å²) < 4.78 is 20.7. The van der Waals surface area contributed by atoms with E-state index in [4.69, 9.17) is 14.5 Å². The molecule has 0 saturated heterocycles. The van der Waals surface area contributed by atoms with Crippen LogP contribution in [0.15, 0.2) is 48.5 Å². The highest BCUT2D eigenvalue weighted by atomic mass is 31.2. The molecule has 0 radical (unpaired) electrons. The Labute approximate surface area is 140 Å². The summed E-state index contributed by atoms with van der Waals surface area (Å²) in [7, 11) is -4.74. The van der Waals surface area contributed by atoms with Crippen molar-refractivity contribution in [2.75, 3.05) is 0 Å². The summed E-state index contributed by atoms with van der Waals surface area (Å²) in [4.78, 5) is 30.0. The molecule has 2 N–H and O–H groups in total. The zero-order valence-electron chi connectivity index (χ0n) is 13.4. The van der Waals surface area contributed by atoms with E-state index in [1.165, 1.54) is 18.2 Å². The van der Waals surface area contributed by atoms with Crippen molar-refractivity contribution in [1.29, 1.82) is 0 Å². The van der Waals surface area contributed by atoms with Gasteiger partial charge in [-0.3, -0.25) is 9.79 Å². The summed E-state index contributed by atoms with van der Waals surface area (Å²) in [5.74, 6) is -0.375. The van der Waals surface area contributed by atoms with Gasteiger partial charge in [0.1, 0.15) is 0 Å². The second-order valence-corrected chi connectivity index (χ2v) is 6.88. The van der Waals surface area contributed by atoms with Crippen molar-refractivity contribution in [3.8, 4) is 11.5 Å². The number of phosphoric ester groups is 1. The van der Waals surface area contributed by atoms with Crippen LogP contribution in [-0.2, 0) is 11.0 Å². The van der Waals surface area contributed by atoms with Crippen LogP contribution < -0.4 is 9.26 Å². The van der Waals surface area contributed by atoms with Crippen molar-refractivity contribution in [2.24, 2.45) is 5.92 Å². The Morgan fingerprint density at radius 3 is 2.17 bits per heavy atom. The van der Waals surface area contributed by atoms with Crippen LogP contribution in [0.2, 0.25) is 0 Å². The van der Waals surface area contributed by atoms with Crippen molar-refractivity contribution in [1.82, 2.24) is 0 Å². The smallest absolute Gasteiger partial charge is 0.419 e. The van der Waals surface area contributed by atoms with Crippen LogP contribution in [0.1, 0.15) is 29.8 Å². The van der Waals surface area contributed by atoms with Crippen molar-refractivity contribution in [2.45, 2.75) is 20.3 Å². The van der Waals surface area contributed by atoms with Crippen molar-refractivity contribution in [3.63, 3.8) is 0 Å². The zero-order valence-corrected chi connectivity index (χ0v) is 14.3. The summed E-state index contributed by atoms with van der Waals surface area (Å²) in [6.07, 6.45) is 0.911. The molecular weight excluding hydrogens is 331 g/mol. The Balaban J connectivity index is 2.14. The fraction of sp³-hybridized carbons (Fsp3) is 0.235. The van der Waals surface area contributed by atoms with Gasteiger partial charge in [0.15, 0.2) is 11.5 Å². The lowest BCUT2D eigenvalue weighted by Gasteiger charge is -2.12. The van der Waals surface area contributed by atoms with E-state index in [1.54, 1.807) is 18.2 Å². The lowest BCUT2D eigenvalue weighted by atomic mass is 10.0. The number of hydrogen-bond acceptors (Lipinski definition) is 4. The van der Waals surface area contributed by atoms with E-state index in [9.17, 15) is 9.36 Å². The van der Waals surface area contributed by atoms with E-state index in [-0.39, 0.29) is 11.5 Å². The SMILES string of the molecule is CC(C)Cc1ccc(C(=O)Oc2ccccc2OP(=O)(O)O)cc1. The first-order valence-corrected chi connectivity index (χ1v) is 8.93. The highest BCUT2D eigenvalue weighted by molar-refractivity contribution is 7.46. The number of ether oxygens (including phenoxy) is 1. The maximum absolute atomic E-state index is 12.2. The summed E-state index contributed by atoms with van der Waals surface area (Å²) in [6.45, 7) is 4.22. The van der Waals surface area contributed by atoms with Gasteiger partial charge in [0.05, 0.1) is 5.56 Å². The lowest BCUT2D eigenvalue weighted by Crippen LogP contribution is -2.09. The predicted molar refractivity (Wildman–Crippen MR) is 89.1 cm³/mol. The van der Waals surface area contributed by atoms with Crippen LogP contribution in [0, 0.1) is 5.92 Å². The van der Waals surface area contributed by atoms with Gasteiger partial charge in [0.2, 0.25) is 0 Å². The number of carbonyl (C=O) groups is 1. The summed E-state index contributed by atoms with van der Waals surface area (Å²) in [5, 5.41) is 0. The molecule has 0 fully saturated rings. The molecule has 0 saturated carbocycles. The number of phosphoric acid groups is 1. The fourth-order valence-corrected chi connectivity index (χ4v) is 2.55. The first kappa shape index (κ1) is 18.2. The summed E-state index contributed by atoms with van der Waals surface area (Å²) in [5.41, 5.74) is 1.46. The molecule has 0 aliphatic carbocycles. The third-order valence-corrected chi connectivity index (χ3v) is 3.54.